The summed E-state index contributed by atoms with van der Waals surface area (Å²) in [5.41, 5.74) is 6.70. The van der Waals surface area contributed by atoms with Gasteiger partial charge in [-0.1, -0.05) is 27.5 Å². The highest BCUT2D eigenvalue weighted by molar-refractivity contribution is 9.10. The zero-order chi connectivity index (χ0) is 11.9. The van der Waals surface area contributed by atoms with Crippen LogP contribution in [0.15, 0.2) is 16.6 Å². The number of hydrogen-bond acceptors (Lipinski definition) is 3. The van der Waals surface area contributed by atoms with Gasteiger partial charge in [0.2, 0.25) is 0 Å². The Morgan fingerprint density at radius 2 is 2.19 bits per heavy atom. The maximum Gasteiger partial charge on any atom is 0.0766 e. The molecule has 0 aromatic heterocycles. The van der Waals surface area contributed by atoms with Crippen molar-refractivity contribution in [2.75, 3.05) is 11.1 Å². The summed E-state index contributed by atoms with van der Waals surface area (Å²) in [5.74, 6) is 0. The monoisotopic (exact) mass is 304 g/mol. The molecule has 88 valence electrons. The fraction of sp³-hybridized carbons (Fsp3) is 0.455. The number of nitrogens with one attached hydrogen (secondary N) is 1. The highest BCUT2D eigenvalue weighted by atomic mass is 79.9. The van der Waals surface area contributed by atoms with Gasteiger partial charge in [-0.2, -0.15) is 0 Å². The molecule has 3 nitrogen and oxygen atoms in total. The second kappa shape index (κ2) is 4.09. The quantitative estimate of drug-likeness (QED) is 0.736. The fourth-order valence-corrected chi connectivity index (χ4v) is 2.94. The molecule has 0 unspecified atom stereocenters. The summed E-state index contributed by atoms with van der Waals surface area (Å²) in [6, 6.07) is 3.86. The molecule has 0 aliphatic heterocycles. The molecule has 0 bridgehead atoms. The van der Waals surface area contributed by atoms with Crippen LogP contribution in [0.25, 0.3) is 0 Å². The lowest BCUT2D eigenvalue weighted by Gasteiger charge is -2.42. The highest BCUT2D eigenvalue weighted by Crippen LogP contribution is 2.38. The molecular weight excluding hydrogens is 291 g/mol. The minimum absolute atomic E-state index is 0.246. The number of nitrogens with two attached hydrogens (primary N) is 1. The Morgan fingerprint density at radius 1 is 1.56 bits per heavy atom. The molecule has 0 saturated heterocycles. The summed E-state index contributed by atoms with van der Waals surface area (Å²) < 4.78 is 0.862. The first-order valence-corrected chi connectivity index (χ1v) is 6.28. The Bertz CT molecular complexity index is 391. The fourth-order valence-electron chi connectivity index (χ4n) is 2.05. The van der Waals surface area contributed by atoms with Crippen LogP contribution in [0.1, 0.15) is 19.8 Å². The van der Waals surface area contributed by atoms with Crippen LogP contribution in [0.5, 0.6) is 0 Å². The molecule has 0 amide bonds. The summed E-state index contributed by atoms with van der Waals surface area (Å²) in [6.07, 6.45) is 1.44. The predicted molar refractivity (Wildman–Crippen MR) is 70.8 cm³/mol. The van der Waals surface area contributed by atoms with Gasteiger partial charge in [-0.15, -0.1) is 0 Å². The topological polar surface area (TPSA) is 58.3 Å². The second-order valence-corrected chi connectivity index (χ2v) is 5.92. The first kappa shape index (κ1) is 12.0. The van der Waals surface area contributed by atoms with Gasteiger partial charge in [0.15, 0.2) is 0 Å². The minimum Gasteiger partial charge on any atom is -0.397 e. The van der Waals surface area contributed by atoms with E-state index >= 15 is 0 Å². The molecule has 1 saturated carbocycles. The van der Waals surface area contributed by atoms with Gasteiger partial charge >= 0.3 is 0 Å². The van der Waals surface area contributed by atoms with E-state index in [9.17, 15) is 5.11 Å². The van der Waals surface area contributed by atoms with E-state index in [0.717, 1.165) is 23.0 Å². The van der Waals surface area contributed by atoms with Crippen molar-refractivity contribution in [2.24, 2.45) is 0 Å². The summed E-state index contributed by atoms with van der Waals surface area (Å²) in [5, 5.41) is 13.5. The smallest absolute Gasteiger partial charge is 0.0766 e. The predicted octanol–water partition coefficient (Wildman–Crippen LogP) is 3.01. The van der Waals surface area contributed by atoms with Crippen LogP contribution in [0, 0.1) is 0 Å². The van der Waals surface area contributed by atoms with Crippen LogP contribution in [-0.2, 0) is 0 Å². The van der Waals surface area contributed by atoms with Crippen molar-refractivity contribution in [1.82, 2.24) is 0 Å². The van der Waals surface area contributed by atoms with Gasteiger partial charge in [0.25, 0.3) is 0 Å². The average molecular weight is 306 g/mol. The second-order valence-electron chi connectivity index (χ2n) is 4.60. The minimum atomic E-state index is -0.547. The lowest BCUT2D eigenvalue weighted by molar-refractivity contribution is -0.0234. The van der Waals surface area contributed by atoms with E-state index < -0.39 is 5.60 Å². The molecule has 2 rings (SSSR count). The van der Waals surface area contributed by atoms with Crippen molar-refractivity contribution < 1.29 is 5.11 Å². The van der Waals surface area contributed by atoms with Gasteiger partial charge in [0, 0.05) is 10.5 Å². The van der Waals surface area contributed by atoms with E-state index in [0.29, 0.717) is 10.7 Å². The number of hydrogen-bond donors (Lipinski definition) is 3. The summed E-state index contributed by atoms with van der Waals surface area (Å²) in [6.45, 7) is 1.83. The molecule has 1 aliphatic carbocycles. The molecule has 1 fully saturated rings. The standard InChI is InChI=1S/C11H14BrClN2O/c1-11(16)4-7(5-11)15-10-8(13)2-6(12)3-9(10)14/h2-3,7,15-16H,4-5,14H2,1H3. The van der Waals surface area contributed by atoms with Gasteiger partial charge in [-0.3, -0.25) is 0 Å². The molecule has 0 spiro atoms. The van der Waals surface area contributed by atoms with Gasteiger partial charge in [0.1, 0.15) is 0 Å². The normalized spacial score (nSPS) is 28.6. The number of rotatable bonds is 2. The van der Waals surface area contributed by atoms with Crippen LogP contribution < -0.4 is 11.1 Å². The Kier molecular flexibility index (Phi) is 3.07. The molecule has 1 aliphatic rings. The molecule has 1 aromatic rings. The molecule has 0 atom stereocenters. The Labute approximate surface area is 108 Å². The zero-order valence-electron chi connectivity index (χ0n) is 8.93. The van der Waals surface area contributed by atoms with Crippen molar-refractivity contribution in [2.45, 2.75) is 31.4 Å². The van der Waals surface area contributed by atoms with E-state index in [4.69, 9.17) is 17.3 Å². The molecule has 4 N–H and O–H groups in total. The van der Waals surface area contributed by atoms with Crippen molar-refractivity contribution in [1.29, 1.82) is 0 Å². The number of anilines is 2. The summed E-state index contributed by atoms with van der Waals surface area (Å²) in [4.78, 5) is 0. The number of benzene rings is 1. The third-order valence-electron chi connectivity index (χ3n) is 2.81. The van der Waals surface area contributed by atoms with Gasteiger partial charge in [-0.25, -0.2) is 0 Å². The largest absolute Gasteiger partial charge is 0.397 e. The Balaban J connectivity index is 2.11. The number of aliphatic hydroxyl groups is 1. The van der Waals surface area contributed by atoms with E-state index in [-0.39, 0.29) is 6.04 Å². The van der Waals surface area contributed by atoms with Gasteiger partial charge in [0.05, 0.1) is 22.0 Å². The number of halogens is 2. The van der Waals surface area contributed by atoms with E-state index in [1.807, 2.05) is 13.0 Å². The van der Waals surface area contributed by atoms with Crippen LogP contribution in [-0.4, -0.2) is 16.7 Å². The van der Waals surface area contributed by atoms with Crippen LogP contribution in [0.2, 0.25) is 5.02 Å². The lowest BCUT2D eigenvalue weighted by atomic mass is 9.77. The van der Waals surface area contributed by atoms with Crippen molar-refractivity contribution in [3.63, 3.8) is 0 Å². The maximum absolute atomic E-state index is 9.63. The van der Waals surface area contributed by atoms with Gasteiger partial charge in [-0.05, 0) is 31.9 Å². The molecule has 0 heterocycles. The lowest BCUT2D eigenvalue weighted by Crippen LogP contribution is -2.48. The van der Waals surface area contributed by atoms with E-state index in [1.54, 1.807) is 6.07 Å². The Morgan fingerprint density at radius 3 is 2.69 bits per heavy atom. The summed E-state index contributed by atoms with van der Waals surface area (Å²) in [7, 11) is 0. The highest BCUT2D eigenvalue weighted by Gasteiger charge is 2.38. The van der Waals surface area contributed by atoms with Crippen LogP contribution in [0.4, 0.5) is 11.4 Å². The van der Waals surface area contributed by atoms with Crippen molar-refractivity contribution >= 4 is 38.9 Å². The first-order valence-electron chi connectivity index (χ1n) is 5.11. The van der Waals surface area contributed by atoms with Crippen molar-refractivity contribution in [3.8, 4) is 0 Å². The summed E-state index contributed by atoms with van der Waals surface area (Å²) >= 11 is 9.43. The van der Waals surface area contributed by atoms with Crippen molar-refractivity contribution in [3.05, 3.63) is 21.6 Å². The van der Waals surface area contributed by atoms with Crippen LogP contribution in [0.3, 0.4) is 0 Å². The first-order chi connectivity index (χ1) is 7.37. The Hall–Kier alpha value is -0.450. The zero-order valence-corrected chi connectivity index (χ0v) is 11.3. The van der Waals surface area contributed by atoms with Crippen LogP contribution >= 0.6 is 27.5 Å². The van der Waals surface area contributed by atoms with E-state index in [2.05, 4.69) is 21.2 Å². The molecular formula is C11H14BrClN2O. The molecule has 5 heteroatoms. The molecule has 16 heavy (non-hydrogen) atoms. The third-order valence-corrected chi connectivity index (χ3v) is 3.56. The average Bonchev–Trinajstić information content (AvgIpc) is 2.07. The maximum atomic E-state index is 9.63. The molecule has 1 aromatic carbocycles. The van der Waals surface area contributed by atoms with Gasteiger partial charge < -0.3 is 16.2 Å². The van der Waals surface area contributed by atoms with E-state index in [1.165, 1.54) is 0 Å². The third kappa shape index (κ3) is 2.44. The SMILES string of the molecule is CC1(O)CC(Nc2c(N)cc(Br)cc2Cl)C1. The number of nitrogen functional groups attached to an aromatic ring is 1. The molecule has 0 radical (unpaired) electrons.